The summed E-state index contributed by atoms with van der Waals surface area (Å²) < 4.78 is 0.744. The lowest BCUT2D eigenvalue weighted by molar-refractivity contribution is 0.0736. The van der Waals surface area contributed by atoms with E-state index in [9.17, 15) is 4.79 Å². The molecule has 0 spiro atoms. The summed E-state index contributed by atoms with van der Waals surface area (Å²) in [5.41, 5.74) is 0.633. The van der Waals surface area contributed by atoms with Crippen molar-refractivity contribution in [2.45, 2.75) is 32.7 Å². The fraction of sp³-hybridized carbons (Fsp3) is 0.500. The van der Waals surface area contributed by atoms with Crippen LogP contribution in [0, 0.1) is 0 Å². The number of halogens is 1. The summed E-state index contributed by atoms with van der Waals surface area (Å²) in [6.45, 7) is 4.18. The van der Waals surface area contributed by atoms with E-state index in [-0.39, 0.29) is 11.9 Å². The molecule has 0 N–H and O–H groups in total. The molecule has 1 unspecified atom stereocenters. The van der Waals surface area contributed by atoms with Gasteiger partial charge >= 0.3 is 0 Å². The zero-order chi connectivity index (χ0) is 12.1. The second-order valence-electron chi connectivity index (χ2n) is 3.92. The van der Waals surface area contributed by atoms with Gasteiger partial charge in [0.1, 0.15) is 4.60 Å². The lowest BCUT2D eigenvalue weighted by Gasteiger charge is -2.24. The first-order chi connectivity index (χ1) is 7.56. The third-order valence-electron chi connectivity index (χ3n) is 2.66. The highest BCUT2D eigenvalue weighted by atomic mass is 79.9. The molecule has 0 saturated heterocycles. The monoisotopic (exact) mass is 284 g/mol. The molecular weight excluding hydrogens is 268 g/mol. The molecule has 1 amide bonds. The van der Waals surface area contributed by atoms with Crippen molar-refractivity contribution in [3.05, 3.63) is 28.5 Å². The van der Waals surface area contributed by atoms with E-state index in [1.54, 1.807) is 23.2 Å². The van der Waals surface area contributed by atoms with Crippen molar-refractivity contribution in [2.75, 3.05) is 7.05 Å². The van der Waals surface area contributed by atoms with Gasteiger partial charge in [0.15, 0.2) is 0 Å². The third kappa shape index (κ3) is 3.30. The van der Waals surface area contributed by atoms with Crippen LogP contribution in [-0.2, 0) is 0 Å². The van der Waals surface area contributed by atoms with Crippen LogP contribution in [0.5, 0.6) is 0 Å². The van der Waals surface area contributed by atoms with Crippen molar-refractivity contribution in [1.82, 2.24) is 9.88 Å². The Hall–Kier alpha value is -0.900. The van der Waals surface area contributed by atoms with Crippen LogP contribution in [0.3, 0.4) is 0 Å². The molecule has 1 aromatic heterocycles. The molecule has 0 bridgehead atoms. The van der Waals surface area contributed by atoms with Gasteiger partial charge in [-0.2, -0.15) is 0 Å². The maximum absolute atomic E-state index is 12.0. The average molecular weight is 285 g/mol. The van der Waals surface area contributed by atoms with E-state index in [1.165, 1.54) is 0 Å². The van der Waals surface area contributed by atoms with E-state index in [1.807, 2.05) is 7.05 Å². The molecule has 3 nitrogen and oxygen atoms in total. The Morgan fingerprint density at radius 1 is 1.56 bits per heavy atom. The molecule has 0 radical (unpaired) electrons. The average Bonchev–Trinajstić information content (AvgIpc) is 2.28. The van der Waals surface area contributed by atoms with Gasteiger partial charge in [0.25, 0.3) is 5.91 Å². The summed E-state index contributed by atoms with van der Waals surface area (Å²) >= 11 is 3.25. The van der Waals surface area contributed by atoms with Crippen molar-refractivity contribution < 1.29 is 4.79 Å². The Balaban J connectivity index is 2.73. The molecule has 0 fully saturated rings. The third-order valence-corrected chi connectivity index (χ3v) is 3.13. The van der Waals surface area contributed by atoms with Crippen LogP contribution in [0.4, 0.5) is 0 Å². The van der Waals surface area contributed by atoms with Crippen LogP contribution in [-0.4, -0.2) is 28.9 Å². The molecule has 4 heteroatoms. The number of pyridine rings is 1. The van der Waals surface area contributed by atoms with E-state index < -0.39 is 0 Å². The highest BCUT2D eigenvalue weighted by Crippen LogP contribution is 2.11. The lowest BCUT2D eigenvalue weighted by Crippen LogP contribution is -2.34. The van der Waals surface area contributed by atoms with Crippen LogP contribution in [0.15, 0.2) is 22.9 Å². The van der Waals surface area contributed by atoms with Gasteiger partial charge in [-0.3, -0.25) is 4.79 Å². The minimum Gasteiger partial charge on any atom is -0.339 e. The molecule has 88 valence electrons. The van der Waals surface area contributed by atoms with E-state index in [4.69, 9.17) is 0 Å². The number of carbonyl (C=O) groups excluding carboxylic acids is 1. The zero-order valence-corrected chi connectivity index (χ0v) is 11.5. The van der Waals surface area contributed by atoms with Crippen molar-refractivity contribution in [1.29, 1.82) is 0 Å². The molecule has 0 aliphatic heterocycles. The first-order valence-corrected chi connectivity index (χ1v) is 6.24. The molecule has 1 heterocycles. The Morgan fingerprint density at radius 2 is 2.25 bits per heavy atom. The quantitative estimate of drug-likeness (QED) is 0.796. The summed E-state index contributed by atoms with van der Waals surface area (Å²) in [4.78, 5) is 17.9. The van der Waals surface area contributed by atoms with Crippen molar-refractivity contribution in [3.8, 4) is 0 Å². The second kappa shape index (κ2) is 5.99. The van der Waals surface area contributed by atoms with E-state index >= 15 is 0 Å². The minimum atomic E-state index is 0.0287. The number of rotatable bonds is 4. The molecule has 1 aromatic rings. The smallest absolute Gasteiger partial charge is 0.255 e. The summed E-state index contributed by atoms with van der Waals surface area (Å²) in [6, 6.07) is 3.83. The van der Waals surface area contributed by atoms with Gasteiger partial charge in [-0.05, 0) is 41.4 Å². The fourth-order valence-electron chi connectivity index (χ4n) is 1.52. The number of hydrogen-bond acceptors (Lipinski definition) is 2. The topological polar surface area (TPSA) is 33.2 Å². The largest absolute Gasteiger partial charge is 0.339 e. The summed E-state index contributed by atoms with van der Waals surface area (Å²) in [5.74, 6) is 0.0287. The Kier molecular flexibility index (Phi) is 4.93. The molecular formula is C12H17BrN2O. The number of nitrogens with zero attached hydrogens (tertiary/aromatic N) is 2. The second-order valence-corrected chi connectivity index (χ2v) is 4.74. The molecule has 0 aliphatic carbocycles. The number of amides is 1. The standard InChI is InChI=1S/C12H17BrN2O/c1-4-5-9(2)15(3)12(16)10-6-7-11(13)14-8-10/h6-9H,4-5H2,1-3H3. The maximum Gasteiger partial charge on any atom is 0.255 e. The van der Waals surface area contributed by atoms with Gasteiger partial charge in [0.05, 0.1) is 5.56 Å². The fourth-order valence-corrected chi connectivity index (χ4v) is 1.75. The Labute approximate surface area is 105 Å². The first kappa shape index (κ1) is 13.2. The predicted octanol–water partition coefficient (Wildman–Crippen LogP) is 3.10. The minimum absolute atomic E-state index is 0.0287. The van der Waals surface area contributed by atoms with Gasteiger partial charge in [0.2, 0.25) is 0 Å². The van der Waals surface area contributed by atoms with E-state index in [0.29, 0.717) is 5.56 Å². The van der Waals surface area contributed by atoms with Crippen LogP contribution >= 0.6 is 15.9 Å². The van der Waals surface area contributed by atoms with Crippen molar-refractivity contribution in [3.63, 3.8) is 0 Å². The summed E-state index contributed by atoms with van der Waals surface area (Å²) in [6.07, 6.45) is 3.70. The predicted molar refractivity (Wildman–Crippen MR) is 68.4 cm³/mol. The van der Waals surface area contributed by atoms with E-state index in [0.717, 1.165) is 17.4 Å². The Morgan fingerprint density at radius 3 is 2.75 bits per heavy atom. The van der Waals surface area contributed by atoms with Crippen LogP contribution in [0.25, 0.3) is 0 Å². The SMILES string of the molecule is CCCC(C)N(C)C(=O)c1ccc(Br)nc1. The van der Waals surface area contributed by atoms with Gasteiger partial charge in [-0.1, -0.05) is 13.3 Å². The molecule has 1 atom stereocenters. The maximum atomic E-state index is 12.0. The number of hydrogen-bond donors (Lipinski definition) is 0. The van der Waals surface area contributed by atoms with Gasteiger partial charge < -0.3 is 4.90 Å². The summed E-state index contributed by atoms with van der Waals surface area (Å²) in [7, 11) is 1.84. The van der Waals surface area contributed by atoms with Crippen LogP contribution in [0.1, 0.15) is 37.0 Å². The molecule has 16 heavy (non-hydrogen) atoms. The molecule has 0 saturated carbocycles. The molecule has 0 aliphatic rings. The van der Waals surface area contributed by atoms with Gasteiger partial charge in [-0.15, -0.1) is 0 Å². The summed E-state index contributed by atoms with van der Waals surface area (Å²) in [5, 5.41) is 0. The van der Waals surface area contributed by atoms with Crippen LogP contribution in [0.2, 0.25) is 0 Å². The molecule has 0 aromatic carbocycles. The normalized spacial score (nSPS) is 12.2. The Bertz CT molecular complexity index is 351. The highest BCUT2D eigenvalue weighted by molar-refractivity contribution is 9.10. The molecule has 1 rings (SSSR count). The van der Waals surface area contributed by atoms with Crippen molar-refractivity contribution in [2.24, 2.45) is 0 Å². The van der Waals surface area contributed by atoms with Crippen molar-refractivity contribution >= 4 is 21.8 Å². The number of aromatic nitrogens is 1. The van der Waals surface area contributed by atoms with Gasteiger partial charge in [0, 0.05) is 19.3 Å². The van der Waals surface area contributed by atoms with Crippen LogP contribution < -0.4 is 0 Å². The highest BCUT2D eigenvalue weighted by Gasteiger charge is 2.16. The zero-order valence-electron chi connectivity index (χ0n) is 9.90. The lowest BCUT2D eigenvalue weighted by atomic mass is 10.1. The van der Waals surface area contributed by atoms with E-state index in [2.05, 4.69) is 34.8 Å². The number of carbonyl (C=O) groups is 1. The first-order valence-electron chi connectivity index (χ1n) is 5.45. The van der Waals surface area contributed by atoms with Gasteiger partial charge in [-0.25, -0.2) is 4.98 Å².